The van der Waals surface area contributed by atoms with Gasteiger partial charge in [0.05, 0.1) is 13.2 Å². The van der Waals surface area contributed by atoms with Crippen LogP contribution in [0, 0.1) is 23.4 Å². The van der Waals surface area contributed by atoms with E-state index >= 15 is 4.39 Å². The summed E-state index contributed by atoms with van der Waals surface area (Å²) >= 11 is 0. The van der Waals surface area contributed by atoms with E-state index in [4.69, 9.17) is 9.47 Å². The number of ether oxygens (including phenoxy) is 2. The van der Waals surface area contributed by atoms with Gasteiger partial charge < -0.3 is 9.47 Å². The zero-order chi connectivity index (χ0) is 24.8. The standard InChI is InChI=1S/C30H33F3O2/c1-3-5-6-8-20-18-34-30(35-19-20)24-14-15-25(27(31)17-24)21-9-11-22(12-10-21)26-16-13-23(7-4-2)28(32)29(26)33/h9-17,20,30H,3-8,18-19H2,1-2H3. The zero-order valence-electron chi connectivity index (χ0n) is 20.5. The van der Waals surface area contributed by atoms with Crippen molar-refractivity contribution in [3.63, 3.8) is 0 Å². The van der Waals surface area contributed by atoms with Gasteiger partial charge in [0, 0.05) is 22.6 Å². The third kappa shape index (κ3) is 5.96. The summed E-state index contributed by atoms with van der Waals surface area (Å²) in [5.74, 6) is -1.64. The molecule has 0 bridgehead atoms. The van der Waals surface area contributed by atoms with E-state index in [-0.39, 0.29) is 11.4 Å². The number of benzene rings is 3. The highest BCUT2D eigenvalue weighted by Gasteiger charge is 2.24. The Balaban J connectivity index is 1.45. The third-order valence-electron chi connectivity index (χ3n) is 6.64. The van der Waals surface area contributed by atoms with E-state index in [1.807, 2.05) is 13.0 Å². The van der Waals surface area contributed by atoms with Crippen molar-refractivity contribution in [1.29, 1.82) is 0 Å². The maximum Gasteiger partial charge on any atom is 0.183 e. The lowest BCUT2D eigenvalue weighted by atomic mass is 9.97. The van der Waals surface area contributed by atoms with Crippen molar-refractivity contribution in [3.05, 3.63) is 83.2 Å². The molecule has 0 saturated carbocycles. The first-order valence-corrected chi connectivity index (χ1v) is 12.6. The van der Waals surface area contributed by atoms with Crippen LogP contribution >= 0.6 is 0 Å². The van der Waals surface area contributed by atoms with Crippen LogP contribution in [0.5, 0.6) is 0 Å². The second kappa shape index (κ2) is 11.9. The Morgan fingerprint density at radius 2 is 1.40 bits per heavy atom. The van der Waals surface area contributed by atoms with E-state index in [0.29, 0.717) is 53.4 Å². The molecule has 1 fully saturated rings. The van der Waals surface area contributed by atoms with E-state index in [1.165, 1.54) is 25.3 Å². The minimum Gasteiger partial charge on any atom is -0.348 e. The van der Waals surface area contributed by atoms with Crippen LogP contribution in [0.2, 0.25) is 0 Å². The minimum absolute atomic E-state index is 0.198. The summed E-state index contributed by atoms with van der Waals surface area (Å²) in [6.07, 6.45) is 5.34. The Hall–Kier alpha value is -2.63. The van der Waals surface area contributed by atoms with Gasteiger partial charge in [0.1, 0.15) is 5.82 Å². The summed E-state index contributed by atoms with van der Waals surface area (Å²) in [5, 5.41) is 0. The minimum atomic E-state index is -0.848. The van der Waals surface area contributed by atoms with Gasteiger partial charge in [0.25, 0.3) is 0 Å². The third-order valence-corrected chi connectivity index (χ3v) is 6.64. The normalized spacial score (nSPS) is 18.1. The summed E-state index contributed by atoms with van der Waals surface area (Å²) in [5.41, 5.74) is 2.86. The molecule has 0 unspecified atom stereocenters. The van der Waals surface area contributed by atoms with Crippen molar-refractivity contribution in [3.8, 4) is 22.3 Å². The summed E-state index contributed by atoms with van der Waals surface area (Å²) in [4.78, 5) is 0. The Morgan fingerprint density at radius 1 is 0.743 bits per heavy atom. The van der Waals surface area contributed by atoms with Gasteiger partial charge in [-0.1, -0.05) is 88.1 Å². The molecule has 2 nitrogen and oxygen atoms in total. The van der Waals surface area contributed by atoms with Crippen LogP contribution in [0.4, 0.5) is 13.2 Å². The molecule has 0 aliphatic carbocycles. The highest BCUT2D eigenvalue weighted by Crippen LogP contribution is 2.33. The smallest absolute Gasteiger partial charge is 0.183 e. The lowest BCUT2D eigenvalue weighted by Crippen LogP contribution is -2.27. The van der Waals surface area contributed by atoms with Crippen LogP contribution in [-0.4, -0.2) is 13.2 Å². The Bertz CT molecular complexity index is 1120. The van der Waals surface area contributed by atoms with Gasteiger partial charge in [-0.25, -0.2) is 13.2 Å². The highest BCUT2D eigenvalue weighted by atomic mass is 19.2. The molecule has 0 aromatic heterocycles. The molecular formula is C30H33F3O2. The zero-order valence-corrected chi connectivity index (χ0v) is 20.5. The van der Waals surface area contributed by atoms with E-state index < -0.39 is 17.9 Å². The van der Waals surface area contributed by atoms with E-state index in [0.717, 1.165) is 12.8 Å². The molecule has 0 amide bonds. The number of hydrogen-bond acceptors (Lipinski definition) is 2. The molecule has 4 rings (SSSR count). The first-order chi connectivity index (χ1) is 17.0. The second-order valence-corrected chi connectivity index (χ2v) is 9.33. The van der Waals surface area contributed by atoms with Crippen LogP contribution < -0.4 is 0 Å². The number of halogens is 3. The average molecular weight is 483 g/mol. The summed E-state index contributed by atoms with van der Waals surface area (Å²) in [6, 6.07) is 15.0. The van der Waals surface area contributed by atoms with E-state index in [2.05, 4.69) is 6.92 Å². The van der Waals surface area contributed by atoms with Crippen molar-refractivity contribution in [2.75, 3.05) is 13.2 Å². The fourth-order valence-electron chi connectivity index (χ4n) is 4.60. The molecule has 3 aromatic rings. The van der Waals surface area contributed by atoms with E-state index in [1.54, 1.807) is 42.5 Å². The molecular weight excluding hydrogens is 449 g/mol. The van der Waals surface area contributed by atoms with Crippen LogP contribution in [0.1, 0.15) is 63.4 Å². The van der Waals surface area contributed by atoms with Crippen LogP contribution in [0.15, 0.2) is 54.6 Å². The fourth-order valence-corrected chi connectivity index (χ4v) is 4.60. The summed E-state index contributed by atoms with van der Waals surface area (Å²) < 4.78 is 55.7. The quantitative estimate of drug-likeness (QED) is 0.284. The second-order valence-electron chi connectivity index (χ2n) is 9.33. The van der Waals surface area contributed by atoms with Crippen LogP contribution in [0.3, 0.4) is 0 Å². The molecule has 3 aromatic carbocycles. The van der Waals surface area contributed by atoms with Crippen LogP contribution in [-0.2, 0) is 15.9 Å². The molecule has 5 heteroatoms. The maximum absolute atomic E-state index is 15.0. The highest BCUT2D eigenvalue weighted by molar-refractivity contribution is 5.71. The summed E-state index contributed by atoms with van der Waals surface area (Å²) in [6.45, 7) is 5.35. The Kier molecular flexibility index (Phi) is 8.64. The lowest BCUT2D eigenvalue weighted by Gasteiger charge is -2.29. The van der Waals surface area contributed by atoms with Gasteiger partial charge in [-0.15, -0.1) is 0 Å². The maximum atomic E-state index is 15.0. The molecule has 1 heterocycles. The number of hydrogen-bond donors (Lipinski definition) is 0. The molecule has 0 atom stereocenters. The Morgan fingerprint density at radius 3 is 2.03 bits per heavy atom. The number of rotatable bonds is 9. The van der Waals surface area contributed by atoms with Gasteiger partial charge in [-0.05, 0) is 35.6 Å². The molecule has 0 spiro atoms. The molecule has 0 N–H and O–H groups in total. The topological polar surface area (TPSA) is 18.5 Å². The van der Waals surface area contributed by atoms with Crippen molar-refractivity contribution in [2.24, 2.45) is 5.92 Å². The predicted octanol–water partition coefficient (Wildman–Crippen LogP) is 8.63. The molecule has 1 aliphatic heterocycles. The van der Waals surface area contributed by atoms with Gasteiger partial charge in [-0.2, -0.15) is 0 Å². The SMILES string of the molecule is CCCCCC1COC(c2ccc(-c3ccc(-c4ccc(CCC)c(F)c4F)cc3)c(F)c2)OC1. The molecule has 186 valence electrons. The predicted molar refractivity (Wildman–Crippen MR) is 133 cm³/mol. The van der Waals surface area contributed by atoms with Crippen molar-refractivity contribution < 1.29 is 22.6 Å². The first-order valence-electron chi connectivity index (χ1n) is 12.6. The fraction of sp³-hybridized carbons (Fsp3) is 0.400. The molecule has 1 aliphatic rings. The van der Waals surface area contributed by atoms with Crippen molar-refractivity contribution >= 4 is 0 Å². The summed E-state index contributed by atoms with van der Waals surface area (Å²) in [7, 11) is 0. The van der Waals surface area contributed by atoms with E-state index in [9.17, 15) is 8.78 Å². The van der Waals surface area contributed by atoms with Crippen LogP contribution in [0.25, 0.3) is 22.3 Å². The largest absolute Gasteiger partial charge is 0.348 e. The number of unbranched alkanes of at least 4 members (excludes halogenated alkanes) is 2. The van der Waals surface area contributed by atoms with Gasteiger partial charge in [0.2, 0.25) is 0 Å². The molecule has 0 radical (unpaired) electrons. The lowest BCUT2D eigenvalue weighted by molar-refractivity contribution is -0.206. The number of aryl methyl sites for hydroxylation is 1. The average Bonchev–Trinajstić information content (AvgIpc) is 2.88. The first kappa shape index (κ1) is 25.5. The van der Waals surface area contributed by atoms with Gasteiger partial charge >= 0.3 is 0 Å². The Labute approximate surface area is 206 Å². The van der Waals surface area contributed by atoms with Gasteiger partial charge in [-0.3, -0.25) is 0 Å². The van der Waals surface area contributed by atoms with Gasteiger partial charge in [0.15, 0.2) is 17.9 Å². The monoisotopic (exact) mass is 482 g/mol. The van der Waals surface area contributed by atoms with Crippen molar-refractivity contribution in [2.45, 2.75) is 58.7 Å². The molecule has 35 heavy (non-hydrogen) atoms. The van der Waals surface area contributed by atoms with Crippen molar-refractivity contribution in [1.82, 2.24) is 0 Å². The molecule has 1 saturated heterocycles.